The van der Waals surface area contributed by atoms with Crippen molar-refractivity contribution in [2.24, 2.45) is 11.3 Å². The summed E-state index contributed by atoms with van der Waals surface area (Å²) in [5.41, 5.74) is 6.75. The van der Waals surface area contributed by atoms with Crippen LogP contribution in [-0.4, -0.2) is 18.1 Å². The van der Waals surface area contributed by atoms with Gasteiger partial charge in [0.15, 0.2) is 6.54 Å². The topological polar surface area (TPSA) is 19.6 Å². The molecule has 7 rings (SSSR count). The maximum atomic E-state index is 7.74. The highest BCUT2D eigenvalue weighted by Crippen LogP contribution is 2.54. The van der Waals surface area contributed by atoms with Gasteiger partial charge in [-0.1, -0.05) is 170 Å². The molecule has 0 saturated carbocycles. The predicted molar refractivity (Wildman–Crippen MR) is 268 cm³/mol. The smallest absolute Gasteiger partial charge is 0.262 e. The van der Waals surface area contributed by atoms with Crippen LogP contribution in [0.1, 0.15) is 143 Å². The second kappa shape index (κ2) is 21.3. The van der Waals surface area contributed by atoms with E-state index in [1.54, 1.807) is 0 Å². The van der Waals surface area contributed by atoms with Crippen molar-refractivity contribution in [1.82, 2.24) is 0 Å². The van der Waals surface area contributed by atoms with Crippen LogP contribution in [0.25, 0.3) is 16.3 Å². The summed E-state index contributed by atoms with van der Waals surface area (Å²) < 4.78 is 11.7. The van der Waals surface area contributed by atoms with Crippen LogP contribution in [0.2, 0.25) is 0 Å². The van der Waals surface area contributed by atoms with Crippen molar-refractivity contribution in [2.45, 2.75) is 160 Å². The highest BCUT2D eigenvalue weighted by Gasteiger charge is 2.45. The van der Waals surface area contributed by atoms with Crippen molar-refractivity contribution >= 4 is 62.5 Å². The molecule has 4 nitrogen and oxygen atoms in total. The van der Waals surface area contributed by atoms with Crippen molar-refractivity contribution in [2.75, 3.05) is 22.9 Å². The summed E-state index contributed by atoms with van der Waals surface area (Å²) in [6.07, 6.45) is 26.6. The number of aryl methyl sites for hydroxylation is 1. The van der Waals surface area contributed by atoms with E-state index in [9.17, 15) is 0 Å². The first kappa shape index (κ1) is 45.6. The molecule has 0 radical (unpaired) electrons. The van der Waals surface area contributed by atoms with Crippen LogP contribution in [0.3, 0.4) is 0 Å². The van der Waals surface area contributed by atoms with E-state index in [4.69, 9.17) is 4.74 Å². The molecule has 0 fully saturated rings. The molecule has 3 aromatic carbocycles. The molecule has 1 aromatic heterocycles. The number of unbranched alkanes of at least 4 members (excludes halogenated alkanes) is 9. The third-order valence-corrected chi connectivity index (χ3v) is 16.3. The number of allylic oxidation sites excluding steroid dienone is 5. The Labute approximate surface area is 381 Å². The van der Waals surface area contributed by atoms with Crippen molar-refractivity contribution in [1.29, 1.82) is 0 Å². The summed E-state index contributed by atoms with van der Waals surface area (Å²) in [4.78, 5) is 7.81. The maximum Gasteiger partial charge on any atom is 0.262 e. The zero-order valence-electron chi connectivity index (χ0n) is 38.3. The fourth-order valence-corrected chi connectivity index (χ4v) is 12.6. The number of para-hydroxylation sites is 3. The number of anilines is 2. The Bertz CT molecular complexity index is 2210. The average Bonchev–Trinajstić information content (AvgIpc) is 3.89. The minimum absolute atomic E-state index is 0.130. The summed E-state index contributed by atoms with van der Waals surface area (Å²) in [5, 5.41) is 2.06. The fraction of sp³-hybridized carbons (Fsp3) is 0.500. The molecular formula is C54H72N3OS3+. The lowest BCUT2D eigenvalue weighted by molar-refractivity contribution is -0.669. The Balaban J connectivity index is 1.33. The van der Waals surface area contributed by atoms with E-state index in [0.29, 0.717) is 5.92 Å². The minimum atomic E-state index is -0.578. The Morgan fingerprint density at radius 2 is 1.38 bits per heavy atom. The number of hydrogen-bond donors (Lipinski definition) is 0. The summed E-state index contributed by atoms with van der Waals surface area (Å²) in [6, 6.07) is 26.9. The molecular weight excluding hydrogens is 803 g/mol. The van der Waals surface area contributed by atoms with Gasteiger partial charge in [0.2, 0.25) is 10.6 Å². The van der Waals surface area contributed by atoms with Gasteiger partial charge in [0.25, 0.3) is 5.01 Å². The molecule has 4 aromatic rings. The quantitative estimate of drug-likeness (QED) is 0.0649. The Morgan fingerprint density at radius 1 is 0.721 bits per heavy atom. The lowest BCUT2D eigenvalue weighted by atomic mass is 9.70. The Morgan fingerprint density at radius 3 is 2.11 bits per heavy atom. The van der Waals surface area contributed by atoms with Crippen LogP contribution in [0, 0.1) is 11.3 Å². The molecule has 0 saturated heterocycles. The van der Waals surface area contributed by atoms with Gasteiger partial charge in [-0.05, 0) is 97.1 Å². The van der Waals surface area contributed by atoms with Crippen LogP contribution >= 0.6 is 34.9 Å². The summed E-state index contributed by atoms with van der Waals surface area (Å²) >= 11 is 5.73. The van der Waals surface area contributed by atoms with E-state index in [1.807, 2.05) is 34.9 Å². The number of ether oxygens (including phenoxy) is 1. The molecule has 2 atom stereocenters. The van der Waals surface area contributed by atoms with Crippen molar-refractivity contribution in [3.63, 3.8) is 0 Å². The van der Waals surface area contributed by atoms with Gasteiger partial charge in [-0.25, -0.2) is 0 Å². The highest BCUT2D eigenvalue weighted by molar-refractivity contribution is 8.03. The van der Waals surface area contributed by atoms with Gasteiger partial charge in [-0.15, -0.1) is 0 Å². The second-order valence-corrected chi connectivity index (χ2v) is 22.1. The highest BCUT2D eigenvalue weighted by atomic mass is 32.2. The third-order valence-electron chi connectivity index (χ3n) is 12.8. The first-order valence-electron chi connectivity index (χ1n) is 23.7. The molecule has 326 valence electrons. The number of hydrogen-bond acceptors (Lipinski definition) is 6. The fourth-order valence-electron chi connectivity index (χ4n) is 9.11. The Kier molecular flexibility index (Phi) is 15.9. The zero-order valence-corrected chi connectivity index (χ0v) is 40.8. The van der Waals surface area contributed by atoms with E-state index in [2.05, 4.69) is 160 Å². The number of thiazole rings is 1. The first-order chi connectivity index (χ1) is 29.6. The van der Waals surface area contributed by atoms with E-state index in [1.165, 1.54) is 123 Å². The van der Waals surface area contributed by atoms with Gasteiger partial charge in [0.05, 0.1) is 16.4 Å². The Hall–Kier alpha value is -3.39. The van der Waals surface area contributed by atoms with Gasteiger partial charge < -0.3 is 14.5 Å². The first-order valence-corrected chi connectivity index (χ1v) is 26.1. The standard InChI is InChI=1S/C54H72N3OS3/c1-8-11-14-23-36-55-44-26-17-20-29-47(44)59-50(55)34-32-41-39-43(53(4,5)6)40-42(33-35-51-56(37-24-15-12-9-2)45-27-18-21-30-48(45)60-51)52(41)58-54(7)57(38-25-16-13-10-3)46-28-19-22-31-49(46)61-54/h17-22,26-35,43H,8-16,23-25,36-40H2,1-7H3/q+1. The minimum Gasteiger partial charge on any atom is -0.458 e. The van der Waals surface area contributed by atoms with E-state index >= 15 is 0 Å². The SMILES string of the molecule is CCCCCCN1/C(=C\C=C2\CC(C(C)(C)C)CC(/C=C\c3sc4ccccc4[n+]3CCCCCC)=C2OC2(C)Sc3ccccc3N2CCCCCC)Sc2ccccc21. The molecule has 0 N–H and O–H groups in total. The molecule has 1 aliphatic carbocycles. The zero-order chi connectivity index (χ0) is 42.8. The second-order valence-electron chi connectivity index (χ2n) is 18.5. The van der Waals surface area contributed by atoms with Crippen molar-refractivity contribution < 1.29 is 9.30 Å². The molecule has 2 aliphatic heterocycles. The van der Waals surface area contributed by atoms with Gasteiger partial charge in [0, 0.05) is 48.4 Å². The summed E-state index contributed by atoms with van der Waals surface area (Å²) in [7, 11) is 0. The van der Waals surface area contributed by atoms with Gasteiger partial charge in [0.1, 0.15) is 10.5 Å². The van der Waals surface area contributed by atoms with Gasteiger partial charge >= 0.3 is 0 Å². The maximum absolute atomic E-state index is 7.74. The number of aromatic nitrogens is 1. The van der Waals surface area contributed by atoms with Crippen LogP contribution in [0.4, 0.5) is 11.4 Å². The lowest BCUT2D eigenvalue weighted by Gasteiger charge is -2.41. The third kappa shape index (κ3) is 11.0. The predicted octanol–water partition coefficient (Wildman–Crippen LogP) is 16.3. The molecule has 0 bridgehead atoms. The van der Waals surface area contributed by atoms with E-state index in [-0.39, 0.29) is 5.41 Å². The lowest BCUT2D eigenvalue weighted by Crippen LogP contribution is -2.44. The van der Waals surface area contributed by atoms with Crippen LogP contribution < -0.4 is 14.4 Å². The summed E-state index contributed by atoms with van der Waals surface area (Å²) in [5.74, 6) is 1.54. The number of nitrogens with zero attached hydrogens (tertiary/aromatic N) is 3. The van der Waals surface area contributed by atoms with E-state index in [0.717, 1.165) is 44.7 Å². The van der Waals surface area contributed by atoms with E-state index < -0.39 is 5.06 Å². The molecule has 3 heterocycles. The van der Waals surface area contributed by atoms with Crippen LogP contribution in [0.5, 0.6) is 0 Å². The molecule has 0 spiro atoms. The molecule has 3 aliphatic rings. The molecule has 2 unspecified atom stereocenters. The van der Waals surface area contributed by atoms with Crippen molar-refractivity contribution in [3.8, 4) is 0 Å². The van der Waals surface area contributed by atoms with Gasteiger partial charge in [-0.2, -0.15) is 4.57 Å². The van der Waals surface area contributed by atoms with Gasteiger partial charge in [-0.3, -0.25) is 0 Å². The molecule has 0 amide bonds. The largest absolute Gasteiger partial charge is 0.458 e. The number of rotatable bonds is 20. The number of fused-ring (bicyclic) bond motifs is 3. The van der Waals surface area contributed by atoms with Crippen LogP contribution in [0.15, 0.2) is 123 Å². The molecule has 61 heavy (non-hydrogen) atoms. The number of thioether (sulfide) groups is 2. The average molecular weight is 875 g/mol. The van der Waals surface area contributed by atoms with Crippen LogP contribution in [-0.2, 0) is 11.3 Å². The summed E-state index contributed by atoms with van der Waals surface area (Å²) in [6.45, 7) is 19.6. The molecule has 7 heteroatoms. The number of benzene rings is 3. The van der Waals surface area contributed by atoms with Crippen molar-refractivity contribution in [3.05, 3.63) is 118 Å². The monoisotopic (exact) mass is 874 g/mol. The normalized spacial score (nSPS) is 20.5.